The van der Waals surface area contributed by atoms with E-state index in [1.807, 2.05) is 17.4 Å². The molecule has 0 saturated heterocycles. The molecule has 1 saturated carbocycles. The van der Waals surface area contributed by atoms with Crippen LogP contribution in [0.4, 0.5) is 5.82 Å². The van der Waals surface area contributed by atoms with E-state index in [1.54, 1.807) is 11.9 Å². The van der Waals surface area contributed by atoms with E-state index in [-0.39, 0.29) is 11.6 Å². The fraction of sp³-hybridized carbons (Fsp3) is 0.474. The number of dihydropyridines is 1. The first kappa shape index (κ1) is 17.8. The Morgan fingerprint density at radius 3 is 2.88 bits per heavy atom. The smallest absolute Gasteiger partial charge is 0.153 e. The molecule has 0 aromatic carbocycles. The van der Waals surface area contributed by atoms with Gasteiger partial charge in [0.25, 0.3) is 0 Å². The van der Waals surface area contributed by atoms with E-state index in [1.165, 1.54) is 27.6 Å². The molecular formula is C19H25N5S2. The van der Waals surface area contributed by atoms with Gasteiger partial charge in [-0.05, 0) is 70.2 Å². The van der Waals surface area contributed by atoms with Crippen LogP contribution in [0, 0.1) is 0 Å². The first-order chi connectivity index (χ1) is 12.5. The van der Waals surface area contributed by atoms with Gasteiger partial charge in [-0.15, -0.1) is 11.3 Å². The number of hydrogen-bond acceptors (Lipinski definition) is 6. The Labute approximate surface area is 162 Å². The van der Waals surface area contributed by atoms with Crippen molar-refractivity contribution in [1.82, 2.24) is 14.9 Å². The number of hydrogen-bond donors (Lipinski definition) is 3. The summed E-state index contributed by atoms with van der Waals surface area (Å²) in [5, 5.41) is 10.8. The Morgan fingerprint density at radius 2 is 2.12 bits per heavy atom. The normalized spacial score (nSPS) is 20.3. The third-order valence-corrected chi connectivity index (χ3v) is 6.72. The molecule has 138 valence electrons. The van der Waals surface area contributed by atoms with Crippen molar-refractivity contribution in [2.24, 2.45) is 4.99 Å². The van der Waals surface area contributed by atoms with Gasteiger partial charge in [0, 0.05) is 28.1 Å². The van der Waals surface area contributed by atoms with Crippen molar-refractivity contribution in [3.05, 3.63) is 40.9 Å². The number of rotatable bonds is 5. The van der Waals surface area contributed by atoms with Crippen molar-refractivity contribution in [3.63, 3.8) is 0 Å². The van der Waals surface area contributed by atoms with Crippen LogP contribution in [-0.4, -0.2) is 21.6 Å². The molecule has 0 radical (unpaired) electrons. The van der Waals surface area contributed by atoms with Crippen molar-refractivity contribution in [2.45, 2.75) is 61.7 Å². The maximum Gasteiger partial charge on any atom is 0.153 e. The van der Waals surface area contributed by atoms with Crippen LogP contribution < -0.4 is 10.0 Å². The predicted molar refractivity (Wildman–Crippen MR) is 111 cm³/mol. The third-order valence-electron chi connectivity index (χ3n) is 4.19. The summed E-state index contributed by atoms with van der Waals surface area (Å²) in [5.74, 6) is 2.41. The molecule has 3 N–H and O–H groups in total. The van der Waals surface area contributed by atoms with Gasteiger partial charge in [0.05, 0.1) is 10.3 Å². The highest BCUT2D eigenvalue weighted by Crippen LogP contribution is 2.39. The molecule has 2 aliphatic rings. The van der Waals surface area contributed by atoms with Crippen LogP contribution >= 0.6 is 23.3 Å². The Morgan fingerprint density at radius 1 is 1.27 bits per heavy atom. The summed E-state index contributed by atoms with van der Waals surface area (Å²) in [5.41, 5.74) is 1.33. The van der Waals surface area contributed by atoms with Crippen LogP contribution in [-0.2, 0) is 0 Å². The summed E-state index contributed by atoms with van der Waals surface area (Å²) in [4.78, 5) is 6.18. The maximum atomic E-state index is 4.88. The SMILES string of the molecule is CC(C)(C)NSc1ccc(C2CC=CC(Nc3cc(C4CC4)[nH]n3)=N2)s1. The minimum absolute atomic E-state index is 0.0977. The fourth-order valence-corrected chi connectivity index (χ4v) is 4.65. The average Bonchev–Trinajstić information content (AvgIpc) is 3.16. The number of aliphatic imine (C=N–C) groups is 1. The van der Waals surface area contributed by atoms with Crippen LogP contribution in [0.1, 0.15) is 62.6 Å². The lowest BCUT2D eigenvalue weighted by molar-refractivity contribution is 0.536. The lowest BCUT2D eigenvalue weighted by Gasteiger charge is -2.18. The summed E-state index contributed by atoms with van der Waals surface area (Å²) in [6, 6.07) is 6.66. The summed E-state index contributed by atoms with van der Waals surface area (Å²) < 4.78 is 4.74. The molecule has 1 atom stereocenters. The van der Waals surface area contributed by atoms with Gasteiger partial charge < -0.3 is 5.32 Å². The minimum atomic E-state index is 0.0977. The molecule has 1 fully saturated rings. The molecule has 26 heavy (non-hydrogen) atoms. The molecule has 1 unspecified atom stereocenters. The van der Waals surface area contributed by atoms with Gasteiger partial charge in [0.15, 0.2) is 5.82 Å². The van der Waals surface area contributed by atoms with Crippen LogP contribution in [0.2, 0.25) is 0 Å². The van der Waals surface area contributed by atoms with Crippen molar-refractivity contribution >= 4 is 34.9 Å². The number of nitrogens with one attached hydrogen (secondary N) is 3. The number of aromatic amines is 1. The molecular weight excluding hydrogens is 362 g/mol. The van der Waals surface area contributed by atoms with Gasteiger partial charge in [0.1, 0.15) is 5.84 Å². The highest BCUT2D eigenvalue weighted by Gasteiger charge is 2.25. The second-order valence-corrected chi connectivity index (χ2v) is 10.1. The number of amidine groups is 1. The molecule has 2 aromatic heterocycles. The third kappa shape index (κ3) is 4.58. The number of thiophene rings is 1. The number of nitrogens with zero attached hydrogens (tertiary/aromatic N) is 2. The standard InChI is InChI=1S/C19H25N5S2/c1-19(2,3)24-26-18-10-9-15(25-18)13-5-4-6-16(20-13)21-17-11-14(22-23-17)12-7-8-12/h4,6,9-13,24H,5,7-8H2,1-3H3,(H2,20,21,22,23). The molecule has 4 rings (SSSR count). The average molecular weight is 388 g/mol. The van der Waals surface area contributed by atoms with E-state index in [0.29, 0.717) is 5.92 Å². The Bertz CT molecular complexity index is 823. The predicted octanol–water partition coefficient (Wildman–Crippen LogP) is 5.26. The van der Waals surface area contributed by atoms with Crippen molar-refractivity contribution < 1.29 is 0 Å². The lowest BCUT2D eigenvalue weighted by Crippen LogP contribution is -2.29. The summed E-state index contributed by atoms with van der Waals surface area (Å²) >= 11 is 3.51. The van der Waals surface area contributed by atoms with Crippen LogP contribution in [0.5, 0.6) is 0 Å². The molecule has 3 heterocycles. The van der Waals surface area contributed by atoms with E-state index in [9.17, 15) is 0 Å². The summed E-state index contributed by atoms with van der Waals surface area (Å²) in [7, 11) is 0. The number of aromatic nitrogens is 2. The molecule has 5 nitrogen and oxygen atoms in total. The quantitative estimate of drug-likeness (QED) is 0.613. The van der Waals surface area contributed by atoms with E-state index >= 15 is 0 Å². The topological polar surface area (TPSA) is 65.1 Å². The van der Waals surface area contributed by atoms with Crippen LogP contribution in [0.25, 0.3) is 0 Å². The van der Waals surface area contributed by atoms with Gasteiger partial charge in [-0.1, -0.05) is 6.08 Å². The Balaban J connectivity index is 1.40. The van der Waals surface area contributed by atoms with Crippen molar-refractivity contribution in [2.75, 3.05) is 5.32 Å². The van der Waals surface area contributed by atoms with Crippen LogP contribution in [0.3, 0.4) is 0 Å². The highest BCUT2D eigenvalue weighted by molar-refractivity contribution is 7.99. The molecule has 2 aromatic rings. The highest BCUT2D eigenvalue weighted by atomic mass is 32.2. The van der Waals surface area contributed by atoms with E-state index in [2.05, 4.69) is 65.3 Å². The number of H-pyrrole nitrogens is 1. The molecule has 0 spiro atoms. The second-order valence-electron chi connectivity index (χ2n) is 7.89. The second kappa shape index (κ2) is 7.21. The van der Waals surface area contributed by atoms with E-state index < -0.39 is 0 Å². The molecule has 7 heteroatoms. The Kier molecular flexibility index (Phi) is 4.94. The molecule has 0 bridgehead atoms. The zero-order valence-corrected chi connectivity index (χ0v) is 17.0. The largest absolute Gasteiger partial charge is 0.324 e. The van der Waals surface area contributed by atoms with Crippen molar-refractivity contribution in [1.29, 1.82) is 0 Å². The molecule has 0 amide bonds. The molecule has 1 aliphatic heterocycles. The van der Waals surface area contributed by atoms with Gasteiger partial charge in [0.2, 0.25) is 0 Å². The van der Waals surface area contributed by atoms with Gasteiger partial charge in [-0.25, -0.2) is 0 Å². The van der Waals surface area contributed by atoms with E-state index in [0.717, 1.165) is 18.1 Å². The van der Waals surface area contributed by atoms with Gasteiger partial charge in [-0.2, -0.15) is 5.10 Å². The first-order valence-corrected chi connectivity index (χ1v) is 10.7. The van der Waals surface area contributed by atoms with Crippen LogP contribution in [0.15, 0.2) is 39.6 Å². The monoisotopic (exact) mass is 387 g/mol. The maximum absolute atomic E-state index is 4.88. The van der Waals surface area contributed by atoms with Gasteiger partial charge in [-0.3, -0.25) is 14.8 Å². The summed E-state index contributed by atoms with van der Waals surface area (Å²) in [6.07, 6.45) is 7.72. The summed E-state index contributed by atoms with van der Waals surface area (Å²) in [6.45, 7) is 6.52. The fourth-order valence-electron chi connectivity index (χ4n) is 2.73. The Hall–Kier alpha value is -1.57. The number of anilines is 1. The van der Waals surface area contributed by atoms with E-state index in [4.69, 9.17) is 4.99 Å². The van der Waals surface area contributed by atoms with Crippen molar-refractivity contribution in [3.8, 4) is 0 Å². The first-order valence-electron chi connectivity index (χ1n) is 9.07. The lowest BCUT2D eigenvalue weighted by atomic mass is 10.1. The van der Waals surface area contributed by atoms with Gasteiger partial charge >= 0.3 is 0 Å². The zero-order valence-electron chi connectivity index (χ0n) is 15.4. The molecule has 1 aliphatic carbocycles. The minimum Gasteiger partial charge on any atom is -0.324 e. The zero-order chi connectivity index (χ0) is 18.1.